The molecule has 4 heteroatoms. The maximum Gasteiger partial charge on any atom is 0.0830 e. The van der Waals surface area contributed by atoms with E-state index >= 15 is 0 Å². The van der Waals surface area contributed by atoms with E-state index < -0.39 is 0 Å². The van der Waals surface area contributed by atoms with E-state index in [1.54, 1.807) is 12.4 Å². The van der Waals surface area contributed by atoms with Crippen LogP contribution in [-0.2, 0) is 19.4 Å². The largest absolute Gasteiger partial charge is 0.265 e. The maximum absolute atomic E-state index is 4.22. The molecular formula is C16H16N4. The molecule has 0 fully saturated rings. The summed E-state index contributed by atoms with van der Waals surface area (Å²) in [6.07, 6.45) is 7.52. The highest BCUT2D eigenvalue weighted by Gasteiger charge is 2.02. The Morgan fingerprint density at radius 1 is 0.850 bits per heavy atom. The molecule has 0 aliphatic heterocycles. The van der Waals surface area contributed by atoms with E-state index in [2.05, 4.69) is 39.6 Å². The van der Waals surface area contributed by atoms with Crippen LogP contribution in [0.4, 0.5) is 0 Å². The summed E-state index contributed by atoms with van der Waals surface area (Å²) in [5, 5.41) is 8.39. The van der Waals surface area contributed by atoms with Crippen LogP contribution >= 0.6 is 0 Å². The highest BCUT2D eigenvalue weighted by atomic mass is 15.4. The average molecular weight is 264 g/mol. The number of hydrogen-bond donors (Lipinski definition) is 0. The lowest BCUT2D eigenvalue weighted by Gasteiger charge is -1.99. The number of rotatable bonds is 5. The summed E-state index contributed by atoms with van der Waals surface area (Å²) in [5.41, 5.74) is 3.54. The number of aryl methyl sites for hydroxylation is 2. The van der Waals surface area contributed by atoms with Gasteiger partial charge in [0.25, 0.3) is 0 Å². The van der Waals surface area contributed by atoms with Crippen LogP contribution < -0.4 is 0 Å². The van der Waals surface area contributed by atoms with Crippen molar-refractivity contribution in [2.24, 2.45) is 0 Å². The van der Waals surface area contributed by atoms with E-state index in [0.29, 0.717) is 0 Å². The smallest absolute Gasteiger partial charge is 0.0830 e. The van der Waals surface area contributed by atoms with E-state index in [1.165, 1.54) is 11.1 Å². The van der Waals surface area contributed by atoms with E-state index in [9.17, 15) is 0 Å². The van der Waals surface area contributed by atoms with Crippen LogP contribution in [0.15, 0.2) is 61.1 Å². The topological polar surface area (TPSA) is 43.6 Å². The Morgan fingerprint density at radius 2 is 1.65 bits per heavy atom. The second-order valence-electron chi connectivity index (χ2n) is 4.75. The van der Waals surface area contributed by atoms with Gasteiger partial charge in [-0.15, -0.1) is 5.10 Å². The van der Waals surface area contributed by atoms with Gasteiger partial charge in [-0.1, -0.05) is 35.5 Å². The minimum atomic E-state index is 0.737. The normalized spacial score (nSPS) is 10.6. The molecule has 0 radical (unpaired) electrons. The second-order valence-corrected chi connectivity index (χ2v) is 4.75. The number of aromatic nitrogens is 4. The standard InChI is InChI=1S/C16H16N4/c1-2-4-14(5-3-1)6-7-16-13-20(19-18-16)12-15-8-10-17-11-9-15/h1-5,8-11,13H,6-7,12H2. The molecule has 0 atom stereocenters. The highest BCUT2D eigenvalue weighted by molar-refractivity contribution is 5.16. The van der Waals surface area contributed by atoms with Crippen LogP contribution in [-0.4, -0.2) is 20.0 Å². The third kappa shape index (κ3) is 3.29. The summed E-state index contributed by atoms with van der Waals surface area (Å²) in [6, 6.07) is 14.4. The van der Waals surface area contributed by atoms with Crippen molar-refractivity contribution in [3.63, 3.8) is 0 Å². The summed E-state index contributed by atoms with van der Waals surface area (Å²) < 4.78 is 1.87. The van der Waals surface area contributed by atoms with Gasteiger partial charge in [0.05, 0.1) is 12.2 Å². The van der Waals surface area contributed by atoms with E-state index in [4.69, 9.17) is 0 Å². The lowest BCUT2D eigenvalue weighted by Crippen LogP contribution is -2.00. The fourth-order valence-electron chi connectivity index (χ4n) is 2.12. The monoisotopic (exact) mass is 264 g/mol. The van der Waals surface area contributed by atoms with Gasteiger partial charge in [0.2, 0.25) is 0 Å². The van der Waals surface area contributed by atoms with Crippen molar-refractivity contribution in [3.8, 4) is 0 Å². The van der Waals surface area contributed by atoms with Crippen LogP contribution in [0.1, 0.15) is 16.8 Å². The lowest BCUT2D eigenvalue weighted by atomic mass is 10.1. The van der Waals surface area contributed by atoms with Crippen molar-refractivity contribution in [2.75, 3.05) is 0 Å². The molecule has 0 saturated heterocycles. The quantitative estimate of drug-likeness (QED) is 0.711. The molecule has 0 N–H and O–H groups in total. The molecule has 0 unspecified atom stereocenters. The van der Waals surface area contributed by atoms with Gasteiger partial charge in [0, 0.05) is 18.6 Å². The van der Waals surface area contributed by atoms with Gasteiger partial charge < -0.3 is 0 Å². The van der Waals surface area contributed by atoms with Crippen molar-refractivity contribution >= 4 is 0 Å². The first kappa shape index (κ1) is 12.5. The number of hydrogen-bond acceptors (Lipinski definition) is 3. The van der Waals surface area contributed by atoms with Crippen LogP contribution in [0.2, 0.25) is 0 Å². The molecule has 0 bridgehead atoms. The third-order valence-corrected chi connectivity index (χ3v) is 3.19. The average Bonchev–Trinajstić information content (AvgIpc) is 2.95. The predicted molar refractivity (Wildman–Crippen MR) is 77.2 cm³/mol. The zero-order valence-corrected chi connectivity index (χ0v) is 11.2. The Labute approximate surface area is 118 Å². The first-order valence-corrected chi connectivity index (χ1v) is 6.72. The van der Waals surface area contributed by atoms with Crippen LogP contribution in [0.3, 0.4) is 0 Å². The Morgan fingerprint density at radius 3 is 2.45 bits per heavy atom. The third-order valence-electron chi connectivity index (χ3n) is 3.19. The molecule has 0 aliphatic rings. The fraction of sp³-hybridized carbons (Fsp3) is 0.188. The predicted octanol–water partition coefficient (Wildman–Crippen LogP) is 2.51. The van der Waals surface area contributed by atoms with Crippen LogP contribution in [0.5, 0.6) is 0 Å². The lowest BCUT2D eigenvalue weighted by molar-refractivity contribution is 0.648. The maximum atomic E-state index is 4.22. The van der Waals surface area contributed by atoms with Gasteiger partial charge in [0.15, 0.2) is 0 Å². The van der Waals surface area contributed by atoms with E-state index in [0.717, 1.165) is 25.1 Å². The molecule has 3 aromatic rings. The molecule has 100 valence electrons. The molecule has 0 spiro atoms. The minimum absolute atomic E-state index is 0.737. The molecule has 0 amide bonds. The number of benzene rings is 1. The first-order valence-electron chi connectivity index (χ1n) is 6.72. The van der Waals surface area contributed by atoms with Crippen molar-refractivity contribution in [2.45, 2.75) is 19.4 Å². The molecule has 2 heterocycles. The second kappa shape index (κ2) is 6.10. The highest BCUT2D eigenvalue weighted by Crippen LogP contribution is 2.06. The Hall–Kier alpha value is -2.49. The van der Waals surface area contributed by atoms with E-state index in [1.807, 2.05) is 29.1 Å². The summed E-state index contributed by atoms with van der Waals surface area (Å²) in [6.45, 7) is 0.737. The molecule has 2 aromatic heterocycles. The summed E-state index contributed by atoms with van der Waals surface area (Å²) >= 11 is 0. The minimum Gasteiger partial charge on any atom is -0.265 e. The summed E-state index contributed by atoms with van der Waals surface area (Å²) in [7, 11) is 0. The Bertz CT molecular complexity index is 647. The number of nitrogens with zero attached hydrogens (tertiary/aromatic N) is 4. The first-order chi connectivity index (χ1) is 9.90. The Balaban J connectivity index is 1.60. The van der Waals surface area contributed by atoms with Gasteiger partial charge in [-0.05, 0) is 36.1 Å². The van der Waals surface area contributed by atoms with Crippen LogP contribution in [0.25, 0.3) is 0 Å². The van der Waals surface area contributed by atoms with Crippen LogP contribution in [0, 0.1) is 0 Å². The summed E-state index contributed by atoms with van der Waals surface area (Å²) in [4.78, 5) is 4.01. The fourth-order valence-corrected chi connectivity index (χ4v) is 2.12. The molecule has 4 nitrogen and oxygen atoms in total. The molecule has 20 heavy (non-hydrogen) atoms. The van der Waals surface area contributed by atoms with Gasteiger partial charge in [0.1, 0.15) is 0 Å². The molecule has 1 aromatic carbocycles. The molecule has 3 rings (SSSR count). The van der Waals surface area contributed by atoms with Crippen molar-refractivity contribution in [1.82, 2.24) is 20.0 Å². The van der Waals surface area contributed by atoms with Gasteiger partial charge in [-0.3, -0.25) is 4.98 Å². The van der Waals surface area contributed by atoms with Gasteiger partial charge in [-0.25, -0.2) is 4.68 Å². The van der Waals surface area contributed by atoms with Crippen molar-refractivity contribution in [3.05, 3.63) is 77.9 Å². The van der Waals surface area contributed by atoms with Gasteiger partial charge >= 0.3 is 0 Å². The van der Waals surface area contributed by atoms with E-state index in [-0.39, 0.29) is 0 Å². The van der Waals surface area contributed by atoms with Gasteiger partial charge in [-0.2, -0.15) is 0 Å². The summed E-state index contributed by atoms with van der Waals surface area (Å²) in [5.74, 6) is 0. The Kier molecular flexibility index (Phi) is 3.83. The van der Waals surface area contributed by atoms with Crippen molar-refractivity contribution in [1.29, 1.82) is 0 Å². The SMILES string of the molecule is c1ccc(CCc2cn(Cc3ccncc3)nn2)cc1. The molecule has 0 aliphatic carbocycles. The molecule has 0 saturated carbocycles. The zero-order valence-electron chi connectivity index (χ0n) is 11.2. The zero-order chi connectivity index (χ0) is 13.6. The molecular weight excluding hydrogens is 248 g/mol. The van der Waals surface area contributed by atoms with Crippen molar-refractivity contribution < 1.29 is 0 Å². The number of pyridine rings is 1.